The second kappa shape index (κ2) is 4.41. The molecule has 1 unspecified atom stereocenters. The molecule has 0 fully saturated rings. The Bertz CT molecular complexity index is 479. The molecule has 2 rings (SSSR count). The number of benzene rings is 1. The number of aldehydes is 1. The average Bonchev–Trinajstić information content (AvgIpc) is 2.29. The summed E-state index contributed by atoms with van der Waals surface area (Å²) in [7, 11) is 0. The van der Waals surface area contributed by atoms with Crippen molar-refractivity contribution >= 4 is 28.8 Å². The molecule has 1 heterocycles. The smallest absolute Gasteiger partial charge is 0.138 e. The van der Waals surface area contributed by atoms with E-state index in [-0.39, 0.29) is 0 Å². The van der Waals surface area contributed by atoms with Gasteiger partial charge in [0.25, 0.3) is 0 Å². The van der Waals surface area contributed by atoms with Crippen molar-refractivity contribution in [1.29, 1.82) is 0 Å². The van der Waals surface area contributed by atoms with Gasteiger partial charge < -0.3 is 4.79 Å². The van der Waals surface area contributed by atoms with E-state index in [0.29, 0.717) is 6.42 Å². The number of carbonyl (C=O) groups excluding carboxylic acids is 1. The third kappa shape index (κ3) is 2.16. The molecule has 0 saturated heterocycles. The predicted octanol–water partition coefficient (Wildman–Crippen LogP) is 2.58. The number of hydrogen-bond acceptors (Lipinski definition) is 2. The molecule has 76 valence electrons. The van der Waals surface area contributed by atoms with Crippen LogP contribution in [0.25, 0.3) is 10.9 Å². The summed E-state index contributed by atoms with van der Waals surface area (Å²) in [4.78, 5) is 14.8. The van der Waals surface area contributed by atoms with Crippen LogP contribution < -0.4 is 0 Å². The first-order valence-corrected chi connectivity index (χ1v) is 5.17. The van der Waals surface area contributed by atoms with Gasteiger partial charge in [0, 0.05) is 11.6 Å². The minimum atomic E-state index is -0.474. The van der Waals surface area contributed by atoms with E-state index in [2.05, 4.69) is 4.98 Å². The van der Waals surface area contributed by atoms with Crippen LogP contribution in [-0.2, 0) is 11.2 Å². The van der Waals surface area contributed by atoms with E-state index < -0.39 is 5.38 Å². The standard InChI is InChI=1S/C12H10ClNO/c13-11(8-15)7-10-4-1-3-9-5-2-6-14-12(9)10/h1-6,8,11H,7H2. The van der Waals surface area contributed by atoms with Crippen molar-refractivity contribution < 1.29 is 4.79 Å². The molecule has 1 atom stereocenters. The van der Waals surface area contributed by atoms with Gasteiger partial charge >= 0.3 is 0 Å². The highest BCUT2D eigenvalue weighted by atomic mass is 35.5. The van der Waals surface area contributed by atoms with Crippen molar-refractivity contribution in [3.63, 3.8) is 0 Å². The number of aromatic nitrogens is 1. The summed E-state index contributed by atoms with van der Waals surface area (Å²) >= 11 is 5.80. The van der Waals surface area contributed by atoms with Crippen LogP contribution in [0.4, 0.5) is 0 Å². The molecular weight excluding hydrogens is 210 g/mol. The van der Waals surface area contributed by atoms with Gasteiger partial charge in [0.2, 0.25) is 0 Å². The van der Waals surface area contributed by atoms with Crippen LogP contribution in [-0.4, -0.2) is 16.6 Å². The zero-order valence-corrected chi connectivity index (χ0v) is 8.82. The van der Waals surface area contributed by atoms with E-state index in [1.807, 2.05) is 30.3 Å². The quantitative estimate of drug-likeness (QED) is 0.587. The molecule has 0 bridgehead atoms. The third-order valence-corrected chi connectivity index (χ3v) is 2.54. The van der Waals surface area contributed by atoms with Crippen molar-refractivity contribution in [1.82, 2.24) is 4.98 Å². The zero-order chi connectivity index (χ0) is 10.7. The Balaban J connectivity index is 2.46. The first-order chi connectivity index (χ1) is 7.31. The molecule has 2 nitrogen and oxygen atoms in total. The fourth-order valence-corrected chi connectivity index (χ4v) is 1.76. The van der Waals surface area contributed by atoms with E-state index in [1.165, 1.54) is 0 Å². The highest BCUT2D eigenvalue weighted by Crippen LogP contribution is 2.18. The maximum atomic E-state index is 10.5. The summed E-state index contributed by atoms with van der Waals surface area (Å²) in [6, 6.07) is 9.79. The van der Waals surface area contributed by atoms with E-state index in [9.17, 15) is 4.79 Å². The first-order valence-electron chi connectivity index (χ1n) is 4.73. The van der Waals surface area contributed by atoms with Gasteiger partial charge in [-0.25, -0.2) is 0 Å². The van der Waals surface area contributed by atoms with Crippen molar-refractivity contribution in [2.75, 3.05) is 0 Å². The van der Waals surface area contributed by atoms with Crippen LogP contribution in [0.5, 0.6) is 0 Å². The lowest BCUT2D eigenvalue weighted by atomic mass is 10.1. The summed E-state index contributed by atoms with van der Waals surface area (Å²) in [6.07, 6.45) is 3.03. The van der Waals surface area contributed by atoms with Crippen molar-refractivity contribution in [3.05, 3.63) is 42.1 Å². The van der Waals surface area contributed by atoms with Gasteiger partial charge in [-0.1, -0.05) is 24.3 Å². The van der Waals surface area contributed by atoms with Crippen molar-refractivity contribution in [3.8, 4) is 0 Å². The normalized spacial score (nSPS) is 12.6. The predicted molar refractivity (Wildman–Crippen MR) is 61.2 cm³/mol. The molecule has 15 heavy (non-hydrogen) atoms. The Morgan fingerprint density at radius 3 is 2.93 bits per heavy atom. The summed E-state index contributed by atoms with van der Waals surface area (Å²) in [6.45, 7) is 0. The van der Waals surface area contributed by atoms with E-state index >= 15 is 0 Å². The Morgan fingerprint density at radius 1 is 1.33 bits per heavy atom. The lowest BCUT2D eigenvalue weighted by molar-refractivity contribution is -0.107. The number of para-hydroxylation sites is 1. The van der Waals surface area contributed by atoms with E-state index in [4.69, 9.17) is 11.6 Å². The minimum absolute atomic E-state index is 0.474. The lowest BCUT2D eigenvalue weighted by Crippen LogP contribution is -2.05. The summed E-state index contributed by atoms with van der Waals surface area (Å²) in [5.74, 6) is 0. The van der Waals surface area contributed by atoms with Crippen LogP contribution in [0, 0.1) is 0 Å². The molecule has 0 aliphatic heterocycles. The molecule has 0 amide bonds. The van der Waals surface area contributed by atoms with Gasteiger partial charge in [-0.05, 0) is 18.1 Å². The number of alkyl halides is 1. The number of rotatable bonds is 3. The van der Waals surface area contributed by atoms with Crippen LogP contribution in [0.2, 0.25) is 0 Å². The van der Waals surface area contributed by atoms with E-state index in [1.54, 1.807) is 6.20 Å². The largest absolute Gasteiger partial charge is 0.302 e. The van der Waals surface area contributed by atoms with Gasteiger partial charge in [0.05, 0.1) is 10.9 Å². The molecule has 0 N–H and O–H groups in total. The monoisotopic (exact) mass is 219 g/mol. The average molecular weight is 220 g/mol. The number of hydrogen-bond donors (Lipinski definition) is 0. The Labute approximate surface area is 92.9 Å². The molecule has 0 radical (unpaired) electrons. The molecule has 0 saturated carbocycles. The second-order valence-electron chi connectivity index (χ2n) is 3.35. The third-order valence-electron chi connectivity index (χ3n) is 2.28. The second-order valence-corrected chi connectivity index (χ2v) is 3.91. The van der Waals surface area contributed by atoms with Crippen LogP contribution in [0.1, 0.15) is 5.56 Å². The highest BCUT2D eigenvalue weighted by Gasteiger charge is 2.07. The SMILES string of the molecule is O=CC(Cl)Cc1cccc2cccnc12. The molecule has 0 aliphatic carbocycles. The van der Waals surface area contributed by atoms with Gasteiger partial charge in [-0.15, -0.1) is 11.6 Å². The van der Waals surface area contributed by atoms with Gasteiger partial charge in [-0.3, -0.25) is 4.98 Å². The highest BCUT2D eigenvalue weighted by molar-refractivity contribution is 6.27. The zero-order valence-electron chi connectivity index (χ0n) is 8.06. The van der Waals surface area contributed by atoms with E-state index in [0.717, 1.165) is 22.8 Å². The summed E-state index contributed by atoms with van der Waals surface area (Å²) < 4.78 is 0. The van der Waals surface area contributed by atoms with Crippen LogP contribution in [0.15, 0.2) is 36.5 Å². The maximum Gasteiger partial charge on any atom is 0.138 e. The van der Waals surface area contributed by atoms with Crippen molar-refractivity contribution in [2.24, 2.45) is 0 Å². The lowest BCUT2D eigenvalue weighted by Gasteiger charge is -2.05. The molecule has 0 aliphatic rings. The molecule has 3 heteroatoms. The van der Waals surface area contributed by atoms with Gasteiger partial charge in [0.1, 0.15) is 6.29 Å². The van der Waals surface area contributed by atoms with Crippen molar-refractivity contribution in [2.45, 2.75) is 11.8 Å². The number of halogens is 1. The first kappa shape index (κ1) is 10.1. The summed E-state index contributed by atoms with van der Waals surface area (Å²) in [5, 5.41) is 0.599. The topological polar surface area (TPSA) is 30.0 Å². The molecular formula is C12H10ClNO. The number of pyridine rings is 1. The fourth-order valence-electron chi connectivity index (χ4n) is 1.59. The van der Waals surface area contributed by atoms with Gasteiger partial charge in [0.15, 0.2) is 0 Å². The molecule has 1 aromatic heterocycles. The summed E-state index contributed by atoms with van der Waals surface area (Å²) in [5.41, 5.74) is 1.94. The minimum Gasteiger partial charge on any atom is -0.302 e. The molecule has 2 aromatic rings. The molecule has 0 spiro atoms. The van der Waals surface area contributed by atoms with Crippen LogP contribution in [0.3, 0.4) is 0 Å². The number of fused-ring (bicyclic) bond motifs is 1. The van der Waals surface area contributed by atoms with Gasteiger partial charge in [-0.2, -0.15) is 0 Å². The fraction of sp³-hybridized carbons (Fsp3) is 0.167. The molecule has 1 aromatic carbocycles. The number of carbonyl (C=O) groups is 1. The Hall–Kier alpha value is -1.41. The Kier molecular flexibility index (Phi) is 2.97. The Morgan fingerprint density at radius 2 is 2.13 bits per heavy atom. The number of nitrogens with zero attached hydrogens (tertiary/aromatic N) is 1. The maximum absolute atomic E-state index is 10.5. The van der Waals surface area contributed by atoms with Crippen LogP contribution >= 0.6 is 11.6 Å².